The third-order valence-electron chi connectivity index (χ3n) is 3.14. The number of hydrogen-bond acceptors (Lipinski definition) is 3. The summed E-state index contributed by atoms with van der Waals surface area (Å²) in [5.74, 6) is 0. The number of nitrogens with zero attached hydrogens (tertiary/aromatic N) is 1. The summed E-state index contributed by atoms with van der Waals surface area (Å²) in [4.78, 5) is 13.7. The summed E-state index contributed by atoms with van der Waals surface area (Å²) in [6.45, 7) is 9.93. The standard InChI is InChI=1S/C15H18N2O2/c1-4-17(5-2)13-8-6-12(7-9-13)10-14-11(3)16-19-15(14)18/h6-10,16H,3-5H2,1-2H3/b14-10-. The Bertz CT molecular complexity index is 660. The molecule has 100 valence electrons. The lowest BCUT2D eigenvalue weighted by Gasteiger charge is -2.20. The van der Waals surface area contributed by atoms with E-state index in [4.69, 9.17) is 0 Å². The molecule has 1 aromatic carbocycles. The van der Waals surface area contributed by atoms with E-state index in [-0.39, 0.29) is 0 Å². The third-order valence-corrected chi connectivity index (χ3v) is 3.14. The Labute approximate surface area is 111 Å². The van der Waals surface area contributed by atoms with Gasteiger partial charge < -0.3 is 9.42 Å². The van der Waals surface area contributed by atoms with Gasteiger partial charge in [-0.1, -0.05) is 18.7 Å². The van der Waals surface area contributed by atoms with E-state index in [2.05, 4.69) is 47.1 Å². The Balaban J connectivity index is 2.37. The minimum absolute atomic E-state index is 0.391. The lowest BCUT2D eigenvalue weighted by Crippen LogP contribution is -2.31. The molecule has 1 aromatic heterocycles. The SMILES string of the molecule is C=c1[nH]oc(=O)/c1=C\c1ccc(N(CC)CC)cc1. The number of hydrogen-bond donors (Lipinski definition) is 1. The molecule has 0 aliphatic rings. The molecule has 19 heavy (non-hydrogen) atoms. The fourth-order valence-electron chi connectivity index (χ4n) is 2.02. The maximum Gasteiger partial charge on any atom is 0.365 e. The number of nitrogens with one attached hydrogen (secondary N) is 1. The van der Waals surface area contributed by atoms with Gasteiger partial charge in [0.15, 0.2) is 0 Å². The molecule has 0 bridgehead atoms. The highest BCUT2D eigenvalue weighted by atomic mass is 16.5. The van der Waals surface area contributed by atoms with Gasteiger partial charge in [-0.25, -0.2) is 9.95 Å². The van der Waals surface area contributed by atoms with Crippen molar-refractivity contribution in [1.29, 1.82) is 0 Å². The maximum absolute atomic E-state index is 11.4. The summed E-state index contributed by atoms with van der Waals surface area (Å²) >= 11 is 0. The van der Waals surface area contributed by atoms with Crippen LogP contribution < -0.4 is 21.1 Å². The first-order chi connectivity index (χ1) is 9.15. The molecule has 0 unspecified atom stereocenters. The molecular weight excluding hydrogens is 240 g/mol. The summed E-state index contributed by atoms with van der Waals surface area (Å²) in [6.07, 6.45) is 1.77. The molecule has 0 fully saturated rings. The number of benzene rings is 1. The van der Waals surface area contributed by atoms with E-state index >= 15 is 0 Å². The van der Waals surface area contributed by atoms with E-state index in [1.165, 1.54) is 5.69 Å². The largest absolute Gasteiger partial charge is 0.372 e. The van der Waals surface area contributed by atoms with Gasteiger partial charge in [-0.15, -0.1) is 0 Å². The molecule has 2 aromatic rings. The van der Waals surface area contributed by atoms with Crippen LogP contribution in [0.2, 0.25) is 0 Å². The molecule has 4 heteroatoms. The number of aromatic amines is 1. The molecule has 0 atom stereocenters. The lowest BCUT2D eigenvalue weighted by atomic mass is 10.1. The van der Waals surface area contributed by atoms with Gasteiger partial charge in [0.05, 0.1) is 10.6 Å². The van der Waals surface area contributed by atoms with Gasteiger partial charge in [0.1, 0.15) is 0 Å². The molecule has 0 saturated heterocycles. The molecule has 0 radical (unpaired) electrons. The van der Waals surface area contributed by atoms with Crippen molar-refractivity contribution in [3.8, 4) is 0 Å². The average molecular weight is 258 g/mol. The highest BCUT2D eigenvalue weighted by Gasteiger charge is 2.01. The highest BCUT2D eigenvalue weighted by molar-refractivity contribution is 5.55. The summed E-state index contributed by atoms with van der Waals surface area (Å²) in [7, 11) is 0. The Morgan fingerprint density at radius 2 is 1.89 bits per heavy atom. The van der Waals surface area contributed by atoms with Gasteiger partial charge in [-0.2, -0.15) is 0 Å². The fraction of sp³-hybridized carbons (Fsp3) is 0.267. The number of H-pyrrole nitrogens is 1. The summed E-state index contributed by atoms with van der Waals surface area (Å²) in [6, 6.07) is 8.07. The Morgan fingerprint density at radius 1 is 1.26 bits per heavy atom. The molecule has 4 nitrogen and oxygen atoms in total. The van der Waals surface area contributed by atoms with Crippen molar-refractivity contribution in [3.05, 3.63) is 50.8 Å². The van der Waals surface area contributed by atoms with Crippen molar-refractivity contribution < 1.29 is 4.52 Å². The van der Waals surface area contributed by atoms with Crippen molar-refractivity contribution in [1.82, 2.24) is 5.16 Å². The first-order valence-corrected chi connectivity index (χ1v) is 6.38. The quantitative estimate of drug-likeness (QED) is 0.892. The first-order valence-electron chi connectivity index (χ1n) is 6.38. The minimum Gasteiger partial charge on any atom is -0.372 e. The molecule has 0 saturated carbocycles. The van der Waals surface area contributed by atoms with E-state index in [9.17, 15) is 4.79 Å². The van der Waals surface area contributed by atoms with Gasteiger partial charge in [0.25, 0.3) is 0 Å². The molecule has 0 amide bonds. The van der Waals surface area contributed by atoms with Crippen LogP contribution in [0.4, 0.5) is 5.69 Å². The van der Waals surface area contributed by atoms with Crippen LogP contribution in [-0.2, 0) is 0 Å². The van der Waals surface area contributed by atoms with Crippen LogP contribution in [-0.4, -0.2) is 18.2 Å². The molecule has 0 aliphatic heterocycles. The van der Waals surface area contributed by atoms with Gasteiger partial charge in [0.2, 0.25) is 0 Å². The first kappa shape index (κ1) is 13.2. The van der Waals surface area contributed by atoms with Crippen molar-refractivity contribution in [2.45, 2.75) is 13.8 Å². The number of rotatable bonds is 4. The van der Waals surface area contributed by atoms with E-state index in [0.29, 0.717) is 10.6 Å². The van der Waals surface area contributed by atoms with Crippen LogP contribution in [0.25, 0.3) is 12.7 Å². The molecule has 0 aliphatic carbocycles. The monoisotopic (exact) mass is 258 g/mol. The Morgan fingerprint density at radius 3 is 2.37 bits per heavy atom. The molecule has 1 heterocycles. The van der Waals surface area contributed by atoms with Crippen LogP contribution in [0, 0.1) is 0 Å². The van der Waals surface area contributed by atoms with Crippen LogP contribution in [0.1, 0.15) is 19.4 Å². The van der Waals surface area contributed by atoms with E-state index in [1.807, 2.05) is 12.1 Å². The van der Waals surface area contributed by atoms with Crippen LogP contribution in [0.3, 0.4) is 0 Å². The van der Waals surface area contributed by atoms with Crippen molar-refractivity contribution in [2.24, 2.45) is 0 Å². The van der Waals surface area contributed by atoms with Crippen LogP contribution in [0.5, 0.6) is 0 Å². The minimum atomic E-state index is -0.391. The zero-order chi connectivity index (χ0) is 13.8. The summed E-state index contributed by atoms with van der Waals surface area (Å²) in [5, 5.41) is 3.43. The second-order valence-corrected chi connectivity index (χ2v) is 4.29. The summed E-state index contributed by atoms with van der Waals surface area (Å²) < 4.78 is 4.68. The maximum atomic E-state index is 11.4. The zero-order valence-electron chi connectivity index (χ0n) is 11.3. The van der Waals surface area contributed by atoms with Crippen molar-refractivity contribution >= 4 is 18.3 Å². The zero-order valence-corrected chi connectivity index (χ0v) is 11.3. The van der Waals surface area contributed by atoms with E-state index in [1.54, 1.807) is 6.08 Å². The van der Waals surface area contributed by atoms with Gasteiger partial charge in [-0.3, -0.25) is 0 Å². The van der Waals surface area contributed by atoms with Gasteiger partial charge in [-0.05, 0) is 37.6 Å². The number of aromatic nitrogens is 1. The Hall–Kier alpha value is -2.23. The highest BCUT2D eigenvalue weighted by Crippen LogP contribution is 2.14. The lowest BCUT2D eigenvalue weighted by molar-refractivity contribution is 0.386. The van der Waals surface area contributed by atoms with Gasteiger partial charge in [0, 0.05) is 18.8 Å². The molecule has 0 spiro atoms. The normalized spacial score (nSPS) is 11.8. The summed E-state index contributed by atoms with van der Waals surface area (Å²) in [5.41, 5.74) is 1.74. The fourth-order valence-corrected chi connectivity index (χ4v) is 2.02. The third kappa shape index (κ3) is 2.78. The second kappa shape index (κ2) is 5.61. The smallest absolute Gasteiger partial charge is 0.365 e. The van der Waals surface area contributed by atoms with Crippen molar-refractivity contribution in [2.75, 3.05) is 18.0 Å². The topological polar surface area (TPSA) is 49.2 Å². The average Bonchev–Trinajstić information content (AvgIpc) is 2.74. The van der Waals surface area contributed by atoms with E-state index in [0.717, 1.165) is 18.7 Å². The predicted octanol–water partition coefficient (Wildman–Crippen LogP) is 1.05. The second-order valence-electron chi connectivity index (χ2n) is 4.29. The van der Waals surface area contributed by atoms with Crippen LogP contribution >= 0.6 is 0 Å². The van der Waals surface area contributed by atoms with Gasteiger partial charge >= 0.3 is 5.63 Å². The molecular formula is C15H18N2O2. The molecule has 1 N–H and O–H groups in total. The number of anilines is 1. The van der Waals surface area contributed by atoms with Crippen LogP contribution in [0.15, 0.2) is 33.6 Å². The molecule has 2 rings (SSSR count). The van der Waals surface area contributed by atoms with Crippen molar-refractivity contribution in [3.63, 3.8) is 0 Å². The Kier molecular flexibility index (Phi) is 3.90. The predicted molar refractivity (Wildman–Crippen MR) is 77.7 cm³/mol. The van der Waals surface area contributed by atoms with E-state index < -0.39 is 5.63 Å².